The van der Waals surface area contributed by atoms with E-state index in [-0.39, 0.29) is 12.4 Å². The van der Waals surface area contributed by atoms with Crippen molar-refractivity contribution in [3.05, 3.63) is 70.8 Å². The Labute approximate surface area is 116 Å². The van der Waals surface area contributed by atoms with Crippen LogP contribution in [0.5, 0.6) is 0 Å². The zero-order valence-electron chi connectivity index (χ0n) is 10.9. The Bertz CT molecular complexity index is 477. The minimum Gasteiger partial charge on any atom is -0.309 e. The van der Waals surface area contributed by atoms with Crippen LogP contribution in [0.15, 0.2) is 48.5 Å². The van der Waals surface area contributed by atoms with Crippen molar-refractivity contribution in [3.63, 3.8) is 0 Å². The SMILES string of the molecule is Cc1ccc(CNCc2ccccc2C)cc1.Cl. The van der Waals surface area contributed by atoms with E-state index in [9.17, 15) is 0 Å². The second-order valence-corrected chi connectivity index (χ2v) is 4.52. The number of nitrogens with one attached hydrogen (secondary N) is 1. The van der Waals surface area contributed by atoms with E-state index in [4.69, 9.17) is 0 Å². The number of hydrogen-bond acceptors (Lipinski definition) is 1. The molecule has 0 atom stereocenters. The predicted octanol–water partition coefficient (Wildman–Crippen LogP) is 4.02. The van der Waals surface area contributed by atoms with Crippen molar-refractivity contribution in [1.29, 1.82) is 0 Å². The lowest BCUT2D eigenvalue weighted by molar-refractivity contribution is 0.690. The van der Waals surface area contributed by atoms with Gasteiger partial charge in [0.25, 0.3) is 0 Å². The Morgan fingerprint density at radius 3 is 2.17 bits per heavy atom. The van der Waals surface area contributed by atoms with Gasteiger partial charge in [-0.05, 0) is 30.5 Å². The van der Waals surface area contributed by atoms with E-state index in [1.54, 1.807) is 0 Å². The van der Waals surface area contributed by atoms with Crippen molar-refractivity contribution in [2.45, 2.75) is 26.9 Å². The molecule has 0 saturated heterocycles. The molecule has 0 fully saturated rings. The lowest BCUT2D eigenvalue weighted by atomic mass is 10.1. The maximum absolute atomic E-state index is 3.48. The Balaban J connectivity index is 0.00000162. The smallest absolute Gasteiger partial charge is 0.0211 e. The molecule has 0 amide bonds. The van der Waals surface area contributed by atoms with Crippen molar-refractivity contribution in [3.8, 4) is 0 Å². The monoisotopic (exact) mass is 261 g/mol. The van der Waals surface area contributed by atoms with Crippen molar-refractivity contribution in [1.82, 2.24) is 5.32 Å². The first-order valence-electron chi connectivity index (χ1n) is 6.06. The van der Waals surface area contributed by atoms with Crippen LogP contribution in [0.3, 0.4) is 0 Å². The highest BCUT2D eigenvalue weighted by Crippen LogP contribution is 2.07. The summed E-state index contributed by atoms with van der Waals surface area (Å²) in [7, 11) is 0. The Hall–Kier alpha value is -1.31. The lowest BCUT2D eigenvalue weighted by Gasteiger charge is -2.07. The summed E-state index contributed by atoms with van der Waals surface area (Å²) >= 11 is 0. The third-order valence-electron chi connectivity index (χ3n) is 3.03. The number of aryl methyl sites for hydroxylation is 2. The third-order valence-corrected chi connectivity index (χ3v) is 3.03. The second kappa shape index (κ2) is 7.20. The average molecular weight is 262 g/mol. The zero-order chi connectivity index (χ0) is 12.1. The van der Waals surface area contributed by atoms with Crippen LogP contribution in [0.25, 0.3) is 0 Å². The maximum atomic E-state index is 3.48. The molecule has 2 heteroatoms. The fraction of sp³-hybridized carbons (Fsp3) is 0.250. The fourth-order valence-electron chi connectivity index (χ4n) is 1.86. The van der Waals surface area contributed by atoms with Crippen LogP contribution in [-0.2, 0) is 13.1 Å². The topological polar surface area (TPSA) is 12.0 Å². The fourth-order valence-corrected chi connectivity index (χ4v) is 1.86. The first-order valence-corrected chi connectivity index (χ1v) is 6.06. The van der Waals surface area contributed by atoms with E-state index in [0.29, 0.717) is 0 Å². The summed E-state index contributed by atoms with van der Waals surface area (Å²) in [6.45, 7) is 6.13. The molecule has 0 aliphatic heterocycles. The molecule has 18 heavy (non-hydrogen) atoms. The molecule has 0 aliphatic rings. The molecular formula is C16H20ClN. The molecule has 0 aliphatic carbocycles. The van der Waals surface area contributed by atoms with E-state index in [0.717, 1.165) is 13.1 Å². The molecule has 0 unspecified atom stereocenters. The van der Waals surface area contributed by atoms with E-state index < -0.39 is 0 Å². The Morgan fingerprint density at radius 1 is 0.833 bits per heavy atom. The van der Waals surface area contributed by atoms with Crippen LogP contribution in [0.4, 0.5) is 0 Å². The normalized spacial score (nSPS) is 9.89. The zero-order valence-corrected chi connectivity index (χ0v) is 11.8. The van der Waals surface area contributed by atoms with Crippen LogP contribution < -0.4 is 5.32 Å². The van der Waals surface area contributed by atoms with Crippen LogP contribution >= 0.6 is 12.4 Å². The van der Waals surface area contributed by atoms with Gasteiger partial charge in [-0.1, -0.05) is 54.1 Å². The third kappa shape index (κ3) is 4.17. The van der Waals surface area contributed by atoms with Gasteiger partial charge in [0, 0.05) is 13.1 Å². The van der Waals surface area contributed by atoms with Crippen LogP contribution in [0.1, 0.15) is 22.3 Å². The summed E-state index contributed by atoms with van der Waals surface area (Å²) in [5.41, 5.74) is 5.38. The van der Waals surface area contributed by atoms with Crippen LogP contribution in [0.2, 0.25) is 0 Å². The summed E-state index contributed by atoms with van der Waals surface area (Å²) < 4.78 is 0. The Morgan fingerprint density at radius 2 is 1.50 bits per heavy atom. The van der Waals surface area contributed by atoms with Gasteiger partial charge in [-0.15, -0.1) is 12.4 Å². The van der Waals surface area contributed by atoms with Gasteiger partial charge in [0.15, 0.2) is 0 Å². The largest absolute Gasteiger partial charge is 0.309 e. The number of halogens is 1. The molecular weight excluding hydrogens is 242 g/mol. The number of benzene rings is 2. The standard InChI is InChI=1S/C16H19N.ClH/c1-13-7-9-15(10-8-13)11-17-12-16-6-4-3-5-14(16)2;/h3-10,17H,11-12H2,1-2H3;1H. The molecule has 2 aromatic carbocycles. The van der Waals surface area contributed by atoms with Crippen LogP contribution in [0, 0.1) is 13.8 Å². The first kappa shape index (κ1) is 14.7. The van der Waals surface area contributed by atoms with Gasteiger partial charge in [0.2, 0.25) is 0 Å². The molecule has 0 spiro atoms. The quantitative estimate of drug-likeness (QED) is 0.877. The van der Waals surface area contributed by atoms with E-state index in [1.165, 1.54) is 22.3 Å². The van der Waals surface area contributed by atoms with Gasteiger partial charge in [-0.3, -0.25) is 0 Å². The Kier molecular flexibility index (Phi) is 5.90. The average Bonchev–Trinajstić information content (AvgIpc) is 2.34. The van der Waals surface area contributed by atoms with Crippen molar-refractivity contribution < 1.29 is 0 Å². The van der Waals surface area contributed by atoms with Crippen molar-refractivity contribution in [2.24, 2.45) is 0 Å². The van der Waals surface area contributed by atoms with Crippen molar-refractivity contribution in [2.75, 3.05) is 0 Å². The van der Waals surface area contributed by atoms with E-state index in [1.807, 2.05) is 0 Å². The molecule has 0 saturated carbocycles. The minimum absolute atomic E-state index is 0. The maximum Gasteiger partial charge on any atom is 0.0211 e. The molecule has 2 rings (SSSR count). The summed E-state index contributed by atoms with van der Waals surface area (Å²) in [5.74, 6) is 0. The van der Waals surface area contributed by atoms with E-state index >= 15 is 0 Å². The first-order chi connectivity index (χ1) is 8.25. The van der Waals surface area contributed by atoms with Gasteiger partial charge < -0.3 is 5.32 Å². The molecule has 0 heterocycles. The highest BCUT2D eigenvalue weighted by atomic mass is 35.5. The molecule has 96 valence electrons. The van der Waals surface area contributed by atoms with E-state index in [2.05, 4.69) is 67.7 Å². The predicted molar refractivity (Wildman–Crippen MR) is 80.1 cm³/mol. The highest BCUT2D eigenvalue weighted by molar-refractivity contribution is 5.85. The second-order valence-electron chi connectivity index (χ2n) is 4.52. The lowest BCUT2D eigenvalue weighted by Crippen LogP contribution is -2.13. The van der Waals surface area contributed by atoms with Gasteiger partial charge in [-0.25, -0.2) is 0 Å². The molecule has 1 N–H and O–H groups in total. The van der Waals surface area contributed by atoms with Gasteiger partial charge in [0.1, 0.15) is 0 Å². The molecule has 1 nitrogen and oxygen atoms in total. The minimum atomic E-state index is 0. The molecule has 0 radical (unpaired) electrons. The highest BCUT2D eigenvalue weighted by Gasteiger charge is 1.96. The van der Waals surface area contributed by atoms with Crippen molar-refractivity contribution >= 4 is 12.4 Å². The summed E-state index contributed by atoms with van der Waals surface area (Å²) in [5, 5.41) is 3.48. The summed E-state index contributed by atoms with van der Waals surface area (Å²) in [6.07, 6.45) is 0. The van der Waals surface area contributed by atoms with Gasteiger partial charge >= 0.3 is 0 Å². The van der Waals surface area contributed by atoms with Gasteiger partial charge in [0.05, 0.1) is 0 Å². The molecule has 2 aromatic rings. The number of hydrogen-bond donors (Lipinski definition) is 1. The number of rotatable bonds is 4. The van der Waals surface area contributed by atoms with Crippen LogP contribution in [-0.4, -0.2) is 0 Å². The summed E-state index contributed by atoms with van der Waals surface area (Å²) in [4.78, 5) is 0. The summed E-state index contributed by atoms with van der Waals surface area (Å²) in [6, 6.07) is 17.2. The molecule has 0 aromatic heterocycles. The van der Waals surface area contributed by atoms with Gasteiger partial charge in [-0.2, -0.15) is 0 Å². The molecule has 0 bridgehead atoms.